The Morgan fingerprint density at radius 3 is 2.11 bits per heavy atom. The molecule has 2 aromatic rings. The van der Waals surface area contributed by atoms with Crippen molar-refractivity contribution in [3.63, 3.8) is 0 Å². The number of carbonyl (C=O) groups is 2. The number of benzene rings is 2. The smallest absolute Gasteiger partial charge is 0.227 e. The number of aryl methyl sites for hydroxylation is 1. The summed E-state index contributed by atoms with van der Waals surface area (Å²) in [5.41, 5.74) is 6.61. The largest absolute Gasteiger partial charge is 0.497 e. The Bertz CT molecular complexity index is 771. The molecule has 0 spiro atoms. The number of halogens is 1. The van der Waals surface area contributed by atoms with Gasteiger partial charge in [-0.05, 0) is 48.4 Å². The first-order valence-electron chi connectivity index (χ1n) is 8.49. The molecule has 2 rings (SSSR count). The molecule has 144 valence electrons. The van der Waals surface area contributed by atoms with Crippen LogP contribution in [0.2, 0.25) is 0 Å². The van der Waals surface area contributed by atoms with Gasteiger partial charge in [0.15, 0.2) is 0 Å². The Hall–Kier alpha value is -3.09. The Morgan fingerprint density at radius 2 is 1.59 bits per heavy atom. The molecular weight excluding hydrogens is 351 g/mol. The minimum Gasteiger partial charge on any atom is -0.497 e. The standard InChI is InChI=1S/C20H23FN2O4/c1-26-17-11-14(12-18(13-17)27-2)3-8-20(25)23(10-9-19(22)24)16-6-4-15(21)5-7-16/h4-7,11-13H,3,8-10H2,1-2H3,(H2,22,24). The van der Waals surface area contributed by atoms with Crippen molar-refractivity contribution in [1.82, 2.24) is 0 Å². The van der Waals surface area contributed by atoms with Crippen molar-refractivity contribution in [2.45, 2.75) is 19.3 Å². The number of hydrogen-bond donors (Lipinski definition) is 1. The van der Waals surface area contributed by atoms with Gasteiger partial charge in [0, 0.05) is 31.1 Å². The third-order valence-corrected chi connectivity index (χ3v) is 4.06. The van der Waals surface area contributed by atoms with Crippen LogP contribution < -0.4 is 20.1 Å². The van der Waals surface area contributed by atoms with E-state index >= 15 is 0 Å². The van der Waals surface area contributed by atoms with Gasteiger partial charge in [0.1, 0.15) is 17.3 Å². The quantitative estimate of drug-likeness (QED) is 0.732. The highest BCUT2D eigenvalue weighted by atomic mass is 19.1. The maximum Gasteiger partial charge on any atom is 0.227 e. The lowest BCUT2D eigenvalue weighted by molar-refractivity contribution is -0.119. The van der Waals surface area contributed by atoms with Gasteiger partial charge in [-0.25, -0.2) is 4.39 Å². The Balaban J connectivity index is 2.13. The second-order valence-corrected chi connectivity index (χ2v) is 5.96. The van der Waals surface area contributed by atoms with Crippen LogP contribution in [-0.4, -0.2) is 32.6 Å². The molecule has 2 N–H and O–H groups in total. The molecule has 2 aromatic carbocycles. The van der Waals surface area contributed by atoms with E-state index in [-0.39, 0.29) is 25.3 Å². The van der Waals surface area contributed by atoms with Crippen molar-refractivity contribution in [1.29, 1.82) is 0 Å². The molecule has 27 heavy (non-hydrogen) atoms. The van der Waals surface area contributed by atoms with Crippen molar-refractivity contribution in [3.8, 4) is 11.5 Å². The second kappa shape index (κ2) is 9.56. The average Bonchev–Trinajstić information content (AvgIpc) is 2.67. The van der Waals surface area contributed by atoms with Gasteiger partial charge in [-0.2, -0.15) is 0 Å². The molecule has 0 bridgehead atoms. The molecular formula is C20H23FN2O4. The van der Waals surface area contributed by atoms with E-state index in [0.717, 1.165) is 5.56 Å². The van der Waals surface area contributed by atoms with E-state index in [9.17, 15) is 14.0 Å². The van der Waals surface area contributed by atoms with Crippen LogP contribution in [0.4, 0.5) is 10.1 Å². The van der Waals surface area contributed by atoms with Gasteiger partial charge in [-0.3, -0.25) is 9.59 Å². The zero-order chi connectivity index (χ0) is 19.8. The molecule has 2 amide bonds. The Morgan fingerprint density at radius 1 is 1.00 bits per heavy atom. The van der Waals surface area contributed by atoms with E-state index < -0.39 is 11.7 Å². The number of amides is 2. The third kappa shape index (κ3) is 5.99. The summed E-state index contributed by atoms with van der Waals surface area (Å²) in [4.78, 5) is 25.3. The number of anilines is 1. The highest BCUT2D eigenvalue weighted by Crippen LogP contribution is 2.24. The predicted octanol–water partition coefficient (Wildman–Crippen LogP) is 2.68. The van der Waals surface area contributed by atoms with Crippen LogP contribution in [0.25, 0.3) is 0 Å². The van der Waals surface area contributed by atoms with E-state index in [2.05, 4.69) is 0 Å². The summed E-state index contributed by atoms with van der Waals surface area (Å²) in [5, 5.41) is 0. The molecule has 0 aliphatic heterocycles. The van der Waals surface area contributed by atoms with Crippen molar-refractivity contribution in [2.75, 3.05) is 25.7 Å². The van der Waals surface area contributed by atoms with Crippen molar-refractivity contribution in [2.24, 2.45) is 5.73 Å². The van der Waals surface area contributed by atoms with Crippen LogP contribution in [0.5, 0.6) is 11.5 Å². The number of primary amides is 1. The fourth-order valence-electron chi connectivity index (χ4n) is 2.64. The van der Waals surface area contributed by atoms with E-state index in [1.54, 1.807) is 20.3 Å². The third-order valence-electron chi connectivity index (χ3n) is 4.06. The van der Waals surface area contributed by atoms with Crippen LogP contribution in [-0.2, 0) is 16.0 Å². The Labute approximate surface area is 157 Å². The highest BCUT2D eigenvalue weighted by Gasteiger charge is 2.17. The summed E-state index contributed by atoms with van der Waals surface area (Å²) >= 11 is 0. The van der Waals surface area contributed by atoms with E-state index in [4.69, 9.17) is 15.2 Å². The summed E-state index contributed by atoms with van der Waals surface area (Å²) in [7, 11) is 3.12. The first kappa shape index (κ1) is 20.2. The molecule has 6 nitrogen and oxygen atoms in total. The highest BCUT2D eigenvalue weighted by molar-refractivity contribution is 5.94. The molecule has 7 heteroatoms. The van der Waals surface area contributed by atoms with Gasteiger partial charge in [-0.1, -0.05) is 0 Å². The van der Waals surface area contributed by atoms with E-state index in [1.807, 2.05) is 12.1 Å². The van der Waals surface area contributed by atoms with Crippen LogP contribution >= 0.6 is 0 Å². The number of carbonyl (C=O) groups excluding carboxylic acids is 2. The lowest BCUT2D eigenvalue weighted by Gasteiger charge is -2.22. The number of nitrogens with zero attached hydrogens (tertiary/aromatic N) is 1. The summed E-state index contributed by atoms with van der Waals surface area (Å²) < 4.78 is 23.6. The lowest BCUT2D eigenvalue weighted by atomic mass is 10.1. The normalized spacial score (nSPS) is 10.3. The molecule has 0 heterocycles. The first-order valence-corrected chi connectivity index (χ1v) is 8.49. The molecule has 0 saturated heterocycles. The van der Waals surface area contributed by atoms with Crippen LogP contribution in [0, 0.1) is 5.82 Å². The summed E-state index contributed by atoms with van der Waals surface area (Å²) in [5.74, 6) is 0.184. The number of ether oxygens (including phenoxy) is 2. The number of nitrogens with two attached hydrogens (primary N) is 1. The molecule has 0 radical (unpaired) electrons. The molecule has 0 aromatic heterocycles. The van der Waals surface area contributed by atoms with Gasteiger partial charge in [-0.15, -0.1) is 0 Å². The first-order chi connectivity index (χ1) is 12.9. The minimum atomic E-state index is -0.507. The zero-order valence-corrected chi connectivity index (χ0v) is 15.4. The van der Waals surface area contributed by atoms with Crippen LogP contribution in [0.1, 0.15) is 18.4 Å². The molecule has 0 saturated carbocycles. The van der Waals surface area contributed by atoms with Gasteiger partial charge in [0.05, 0.1) is 14.2 Å². The molecule has 0 aliphatic rings. The van der Waals surface area contributed by atoms with E-state index in [0.29, 0.717) is 23.6 Å². The SMILES string of the molecule is COc1cc(CCC(=O)N(CCC(N)=O)c2ccc(F)cc2)cc(OC)c1. The maximum atomic E-state index is 13.2. The molecule has 0 unspecified atom stereocenters. The van der Waals surface area contributed by atoms with Crippen LogP contribution in [0.15, 0.2) is 42.5 Å². The zero-order valence-electron chi connectivity index (χ0n) is 15.4. The number of rotatable bonds is 9. The van der Waals surface area contributed by atoms with Crippen molar-refractivity contribution in [3.05, 3.63) is 53.8 Å². The average molecular weight is 374 g/mol. The Kier molecular flexibility index (Phi) is 7.16. The van der Waals surface area contributed by atoms with Crippen LogP contribution in [0.3, 0.4) is 0 Å². The monoisotopic (exact) mass is 374 g/mol. The molecule has 0 aliphatic carbocycles. The number of methoxy groups -OCH3 is 2. The van der Waals surface area contributed by atoms with Gasteiger partial charge >= 0.3 is 0 Å². The van der Waals surface area contributed by atoms with Crippen molar-refractivity contribution >= 4 is 17.5 Å². The lowest BCUT2D eigenvalue weighted by Crippen LogP contribution is -2.34. The van der Waals surface area contributed by atoms with Gasteiger partial charge < -0.3 is 20.1 Å². The molecule has 0 fully saturated rings. The summed E-state index contributed by atoms with van der Waals surface area (Å²) in [6.45, 7) is 0.140. The second-order valence-electron chi connectivity index (χ2n) is 5.96. The van der Waals surface area contributed by atoms with Gasteiger partial charge in [0.25, 0.3) is 0 Å². The molecule has 0 atom stereocenters. The number of hydrogen-bond acceptors (Lipinski definition) is 4. The topological polar surface area (TPSA) is 81.9 Å². The van der Waals surface area contributed by atoms with Crippen molar-refractivity contribution < 1.29 is 23.5 Å². The maximum absolute atomic E-state index is 13.2. The minimum absolute atomic E-state index is 0.0239. The van der Waals surface area contributed by atoms with Gasteiger partial charge in [0.2, 0.25) is 11.8 Å². The fourth-order valence-corrected chi connectivity index (χ4v) is 2.64. The predicted molar refractivity (Wildman–Crippen MR) is 100 cm³/mol. The van der Waals surface area contributed by atoms with E-state index in [1.165, 1.54) is 29.2 Å². The summed E-state index contributed by atoms with van der Waals surface area (Å²) in [6.07, 6.45) is 0.684. The summed E-state index contributed by atoms with van der Waals surface area (Å²) in [6, 6.07) is 11.0. The fraction of sp³-hybridized carbons (Fsp3) is 0.300.